The zero-order valence-corrected chi connectivity index (χ0v) is 8.49. The van der Waals surface area contributed by atoms with Crippen LogP contribution in [-0.4, -0.2) is 25.8 Å². The van der Waals surface area contributed by atoms with E-state index in [0.717, 1.165) is 5.56 Å². The molecule has 0 unspecified atom stereocenters. The van der Waals surface area contributed by atoms with Crippen molar-refractivity contribution in [3.8, 4) is 0 Å². The maximum atomic E-state index is 10.7. The van der Waals surface area contributed by atoms with E-state index in [1.54, 1.807) is 18.3 Å². The predicted molar refractivity (Wildman–Crippen MR) is 55.9 cm³/mol. The van der Waals surface area contributed by atoms with Crippen LogP contribution in [0.5, 0.6) is 0 Å². The lowest BCUT2D eigenvalue weighted by Crippen LogP contribution is -2.04. The highest BCUT2D eigenvalue weighted by molar-refractivity contribution is 6.30. The molecule has 14 heavy (non-hydrogen) atoms. The summed E-state index contributed by atoms with van der Waals surface area (Å²) in [4.78, 5) is 14.6. The Morgan fingerprint density at radius 1 is 1.50 bits per heavy atom. The molecule has 0 bridgehead atoms. The predicted octanol–water partition coefficient (Wildman–Crippen LogP) is 1.93. The van der Waals surface area contributed by atoms with Gasteiger partial charge in [-0.2, -0.15) is 0 Å². The van der Waals surface area contributed by atoms with Gasteiger partial charge in [0.2, 0.25) is 0 Å². The fraction of sp³-hybridized carbons (Fsp3) is 0.200. The van der Waals surface area contributed by atoms with Gasteiger partial charge in [-0.1, -0.05) is 23.7 Å². The van der Waals surface area contributed by atoms with Crippen molar-refractivity contribution in [2.45, 2.75) is 0 Å². The summed E-state index contributed by atoms with van der Waals surface area (Å²) in [5.41, 5.74) is 0.901. The van der Waals surface area contributed by atoms with Gasteiger partial charge in [-0.05, 0) is 17.7 Å². The molecule has 0 amide bonds. The van der Waals surface area contributed by atoms with Crippen LogP contribution < -0.4 is 0 Å². The Morgan fingerprint density at radius 3 is 2.71 bits per heavy atom. The van der Waals surface area contributed by atoms with E-state index in [-0.39, 0.29) is 12.5 Å². The molecule has 0 aliphatic carbocycles. The number of methoxy groups -OCH3 is 1. The highest BCUT2D eigenvalue weighted by Gasteiger charge is 1.94. The highest BCUT2D eigenvalue weighted by Crippen LogP contribution is 2.07. The molecule has 0 aromatic heterocycles. The van der Waals surface area contributed by atoms with Crippen molar-refractivity contribution >= 4 is 23.8 Å². The highest BCUT2D eigenvalue weighted by atomic mass is 35.5. The number of hydrogen-bond donors (Lipinski definition) is 0. The van der Waals surface area contributed by atoms with Crippen molar-refractivity contribution in [2.24, 2.45) is 4.99 Å². The Balaban J connectivity index is 2.52. The van der Waals surface area contributed by atoms with Crippen LogP contribution in [0.25, 0.3) is 0 Å². The lowest BCUT2D eigenvalue weighted by atomic mass is 10.2. The lowest BCUT2D eigenvalue weighted by Gasteiger charge is -1.94. The molecule has 0 saturated carbocycles. The Hall–Kier alpha value is -1.35. The second kappa shape index (κ2) is 5.40. The van der Waals surface area contributed by atoms with E-state index >= 15 is 0 Å². The molecule has 0 spiro atoms. The van der Waals surface area contributed by atoms with Crippen LogP contribution in [0, 0.1) is 0 Å². The number of rotatable bonds is 3. The second-order valence-corrected chi connectivity index (χ2v) is 3.03. The standard InChI is InChI=1S/C10H10ClNO2/c1-14-10(13)7-12-6-8-2-4-9(11)5-3-8/h2-6H,7H2,1H3/b12-6-. The Kier molecular flexibility index (Phi) is 4.13. The summed E-state index contributed by atoms with van der Waals surface area (Å²) in [5.74, 6) is -0.352. The number of halogens is 1. The van der Waals surface area contributed by atoms with E-state index in [9.17, 15) is 4.79 Å². The molecule has 0 atom stereocenters. The maximum Gasteiger partial charge on any atom is 0.327 e. The van der Waals surface area contributed by atoms with E-state index in [0.29, 0.717) is 5.02 Å². The van der Waals surface area contributed by atoms with Gasteiger partial charge < -0.3 is 4.74 Å². The summed E-state index contributed by atoms with van der Waals surface area (Å²) in [6, 6.07) is 7.17. The van der Waals surface area contributed by atoms with Crippen LogP contribution in [0.2, 0.25) is 5.02 Å². The van der Waals surface area contributed by atoms with Crippen LogP contribution in [0.15, 0.2) is 29.3 Å². The molecule has 1 aromatic rings. The lowest BCUT2D eigenvalue weighted by molar-refractivity contribution is -0.138. The first kappa shape index (κ1) is 10.7. The van der Waals surface area contributed by atoms with Gasteiger partial charge in [-0.25, -0.2) is 0 Å². The van der Waals surface area contributed by atoms with Gasteiger partial charge in [0, 0.05) is 11.2 Å². The van der Waals surface area contributed by atoms with Crippen LogP contribution in [0.3, 0.4) is 0 Å². The number of aliphatic imine (C=N–C) groups is 1. The van der Waals surface area contributed by atoms with Crippen molar-refractivity contribution in [1.29, 1.82) is 0 Å². The van der Waals surface area contributed by atoms with E-state index < -0.39 is 0 Å². The molecule has 74 valence electrons. The van der Waals surface area contributed by atoms with Gasteiger partial charge in [-0.15, -0.1) is 0 Å². The van der Waals surface area contributed by atoms with Crippen LogP contribution >= 0.6 is 11.6 Å². The van der Waals surface area contributed by atoms with E-state index in [4.69, 9.17) is 11.6 Å². The number of esters is 1. The topological polar surface area (TPSA) is 38.7 Å². The minimum Gasteiger partial charge on any atom is -0.468 e. The van der Waals surface area contributed by atoms with Gasteiger partial charge in [0.05, 0.1) is 7.11 Å². The van der Waals surface area contributed by atoms with Crippen molar-refractivity contribution in [3.05, 3.63) is 34.9 Å². The van der Waals surface area contributed by atoms with Crippen LogP contribution in [0.4, 0.5) is 0 Å². The first-order chi connectivity index (χ1) is 6.72. The van der Waals surface area contributed by atoms with Crippen molar-refractivity contribution < 1.29 is 9.53 Å². The molecule has 3 nitrogen and oxygen atoms in total. The van der Waals surface area contributed by atoms with Gasteiger partial charge in [-0.3, -0.25) is 9.79 Å². The maximum absolute atomic E-state index is 10.7. The normalized spacial score (nSPS) is 10.4. The molecule has 4 heteroatoms. The molecule has 0 N–H and O–H groups in total. The SMILES string of the molecule is COC(=O)C/N=C\c1ccc(Cl)cc1. The molecule has 1 rings (SSSR count). The van der Waals surface area contributed by atoms with Crippen LogP contribution in [0.1, 0.15) is 5.56 Å². The number of nitrogens with zero attached hydrogens (tertiary/aromatic N) is 1. The van der Waals surface area contributed by atoms with Crippen LogP contribution in [-0.2, 0) is 9.53 Å². The van der Waals surface area contributed by atoms with Gasteiger partial charge in [0.15, 0.2) is 0 Å². The Labute approximate surface area is 87.4 Å². The molecule has 0 aliphatic rings. The fourth-order valence-electron chi connectivity index (χ4n) is 0.839. The number of carbonyl (C=O) groups is 1. The largest absolute Gasteiger partial charge is 0.468 e. The van der Waals surface area contributed by atoms with Crippen molar-refractivity contribution in [3.63, 3.8) is 0 Å². The van der Waals surface area contributed by atoms with Gasteiger partial charge >= 0.3 is 5.97 Å². The summed E-state index contributed by atoms with van der Waals surface area (Å²) in [6.07, 6.45) is 1.60. The third-order valence-electron chi connectivity index (χ3n) is 1.56. The first-order valence-electron chi connectivity index (χ1n) is 4.04. The Bertz CT molecular complexity index is 332. The number of benzene rings is 1. The summed E-state index contributed by atoms with van der Waals surface area (Å²) in [7, 11) is 1.33. The molecular weight excluding hydrogens is 202 g/mol. The zero-order chi connectivity index (χ0) is 10.4. The number of carbonyl (C=O) groups excluding carboxylic acids is 1. The summed E-state index contributed by atoms with van der Waals surface area (Å²) >= 11 is 5.70. The van der Waals surface area contributed by atoms with Crippen molar-refractivity contribution in [2.75, 3.05) is 13.7 Å². The second-order valence-electron chi connectivity index (χ2n) is 2.60. The van der Waals surface area contributed by atoms with Gasteiger partial charge in [0.1, 0.15) is 6.54 Å². The molecule has 1 aromatic carbocycles. The smallest absolute Gasteiger partial charge is 0.327 e. The third kappa shape index (κ3) is 3.58. The summed E-state index contributed by atoms with van der Waals surface area (Å²) in [5, 5.41) is 0.676. The molecule has 0 aliphatic heterocycles. The molecule has 0 saturated heterocycles. The molecular formula is C10H10ClNO2. The van der Waals surface area contributed by atoms with E-state index in [1.807, 2.05) is 12.1 Å². The average Bonchev–Trinajstić information content (AvgIpc) is 2.21. The summed E-state index contributed by atoms with van der Waals surface area (Å²) < 4.78 is 4.43. The number of ether oxygens (including phenoxy) is 1. The average molecular weight is 212 g/mol. The van der Waals surface area contributed by atoms with E-state index in [2.05, 4.69) is 9.73 Å². The summed E-state index contributed by atoms with van der Waals surface area (Å²) in [6.45, 7) is 0.0408. The zero-order valence-electron chi connectivity index (χ0n) is 7.74. The quantitative estimate of drug-likeness (QED) is 0.566. The molecule has 0 radical (unpaired) electrons. The number of hydrogen-bond acceptors (Lipinski definition) is 3. The monoisotopic (exact) mass is 211 g/mol. The minimum atomic E-state index is -0.352. The Morgan fingerprint density at radius 2 is 2.14 bits per heavy atom. The molecule has 0 heterocycles. The van der Waals surface area contributed by atoms with E-state index in [1.165, 1.54) is 7.11 Å². The minimum absolute atomic E-state index is 0.0408. The fourth-order valence-corrected chi connectivity index (χ4v) is 0.965. The molecule has 0 fully saturated rings. The third-order valence-corrected chi connectivity index (χ3v) is 1.81. The van der Waals surface area contributed by atoms with Gasteiger partial charge in [0.25, 0.3) is 0 Å². The first-order valence-corrected chi connectivity index (χ1v) is 4.42. The van der Waals surface area contributed by atoms with Crippen molar-refractivity contribution in [1.82, 2.24) is 0 Å².